The standard InChI is InChI=1S/C51H33N5/c1-4-16-34(17-5-1)49-52-50(35-18-6-2-7-19-35)54-51(53-49)37-20-14-23-39(32-37)56-45-28-13-11-25-42(45)48-40(26-15-29-47(48)56)36-30-31-46-43(33-36)41-24-10-12-27-44(41)55(46)38-21-8-3-9-22-38/h1-33H. The van der Waals surface area contributed by atoms with Crippen molar-refractivity contribution in [3.63, 3.8) is 0 Å². The number of nitrogens with zero attached hydrogens (tertiary/aromatic N) is 5. The minimum absolute atomic E-state index is 0.629. The molecular formula is C51H33N5. The Morgan fingerprint density at radius 1 is 0.286 bits per heavy atom. The topological polar surface area (TPSA) is 48.5 Å². The van der Waals surface area contributed by atoms with Gasteiger partial charge >= 0.3 is 0 Å². The van der Waals surface area contributed by atoms with Crippen molar-refractivity contribution in [1.82, 2.24) is 24.1 Å². The van der Waals surface area contributed by atoms with Crippen LogP contribution in [0.4, 0.5) is 0 Å². The van der Waals surface area contributed by atoms with E-state index >= 15 is 0 Å². The maximum Gasteiger partial charge on any atom is 0.164 e. The Morgan fingerprint density at radius 2 is 0.768 bits per heavy atom. The minimum Gasteiger partial charge on any atom is -0.309 e. The van der Waals surface area contributed by atoms with E-state index < -0.39 is 0 Å². The molecule has 0 aliphatic rings. The molecule has 262 valence electrons. The smallest absolute Gasteiger partial charge is 0.164 e. The monoisotopic (exact) mass is 715 g/mol. The first kappa shape index (κ1) is 31.9. The molecule has 5 nitrogen and oxygen atoms in total. The molecule has 3 heterocycles. The highest BCUT2D eigenvalue weighted by atomic mass is 15.0. The Labute approximate surface area is 323 Å². The van der Waals surface area contributed by atoms with Gasteiger partial charge in [-0.2, -0.15) is 0 Å². The van der Waals surface area contributed by atoms with E-state index in [4.69, 9.17) is 15.0 Å². The van der Waals surface area contributed by atoms with E-state index in [1.54, 1.807) is 0 Å². The van der Waals surface area contributed by atoms with Crippen LogP contribution in [0.25, 0.3) is 100 Å². The van der Waals surface area contributed by atoms with Crippen molar-refractivity contribution in [3.05, 3.63) is 200 Å². The molecule has 5 heteroatoms. The Morgan fingerprint density at radius 3 is 1.46 bits per heavy atom. The Kier molecular flexibility index (Phi) is 7.42. The van der Waals surface area contributed by atoms with Gasteiger partial charge < -0.3 is 9.13 Å². The zero-order chi connectivity index (χ0) is 37.0. The van der Waals surface area contributed by atoms with Gasteiger partial charge in [-0.15, -0.1) is 0 Å². The quantitative estimate of drug-likeness (QED) is 0.172. The van der Waals surface area contributed by atoms with Gasteiger partial charge in [0.1, 0.15) is 0 Å². The fourth-order valence-electron chi connectivity index (χ4n) is 8.26. The summed E-state index contributed by atoms with van der Waals surface area (Å²) in [5.74, 6) is 1.92. The second-order valence-electron chi connectivity index (χ2n) is 14.1. The van der Waals surface area contributed by atoms with Crippen LogP contribution in [0.1, 0.15) is 0 Å². The molecule has 0 saturated carbocycles. The molecule has 0 atom stereocenters. The summed E-state index contributed by atoms with van der Waals surface area (Å²) in [6.45, 7) is 0. The van der Waals surface area contributed by atoms with Crippen LogP contribution < -0.4 is 0 Å². The van der Waals surface area contributed by atoms with Gasteiger partial charge in [0.2, 0.25) is 0 Å². The van der Waals surface area contributed by atoms with Crippen molar-refractivity contribution < 1.29 is 0 Å². The number of benzene rings is 8. The van der Waals surface area contributed by atoms with Crippen molar-refractivity contribution in [1.29, 1.82) is 0 Å². The first-order valence-corrected chi connectivity index (χ1v) is 18.9. The average molecular weight is 716 g/mol. The molecule has 0 fully saturated rings. The lowest BCUT2D eigenvalue weighted by molar-refractivity contribution is 1.07. The van der Waals surface area contributed by atoms with Gasteiger partial charge in [-0.3, -0.25) is 0 Å². The van der Waals surface area contributed by atoms with E-state index in [-0.39, 0.29) is 0 Å². The highest BCUT2D eigenvalue weighted by Gasteiger charge is 2.19. The predicted molar refractivity (Wildman–Crippen MR) is 230 cm³/mol. The van der Waals surface area contributed by atoms with Crippen LogP contribution in [0.15, 0.2) is 200 Å². The van der Waals surface area contributed by atoms with E-state index in [1.165, 1.54) is 43.7 Å². The number of rotatable bonds is 6. The first-order chi connectivity index (χ1) is 27.8. The van der Waals surface area contributed by atoms with E-state index in [9.17, 15) is 0 Å². The summed E-state index contributed by atoms with van der Waals surface area (Å²) in [4.78, 5) is 15.0. The summed E-state index contributed by atoms with van der Waals surface area (Å²) >= 11 is 0. The first-order valence-electron chi connectivity index (χ1n) is 18.9. The summed E-state index contributed by atoms with van der Waals surface area (Å²) in [5.41, 5.74) is 12.1. The molecule has 0 radical (unpaired) electrons. The van der Waals surface area contributed by atoms with Gasteiger partial charge in [0.05, 0.1) is 22.1 Å². The summed E-state index contributed by atoms with van der Waals surface area (Å²) in [6, 6.07) is 70.4. The molecule has 56 heavy (non-hydrogen) atoms. The zero-order valence-electron chi connectivity index (χ0n) is 30.3. The van der Waals surface area contributed by atoms with Gasteiger partial charge in [-0.05, 0) is 65.7 Å². The second kappa shape index (κ2) is 13.0. The summed E-state index contributed by atoms with van der Waals surface area (Å²) < 4.78 is 4.74. The second-order valence-corrected chi connectivity index (χ2v) is 14.1. The normalized spacial score (nSPS) is 11.6. The van der Waals surface area contributed by atoms with Crippen molar-refractivity contribution in [3.8, 4) is 56.7 Å². The van der Waals surface area contributed by atoms with Crippen molar-refractivity contribution in [2.24, 2.45) is 0 Å². The van der Waals surface area contributed by atoms with Gasteiger partial charge in [-0.1, -0.05) is 146 Å². The van der Waals surface area contributed by atoms with Gasteiger partial charge in [0.25, 0.3) is 0 Å². The lowest BCUT2D eigenvalue weighted by atomic mass is 9.98. The highest BCUT2D eigenvalue weighted by Crippen LogP contribution is 2.41. The number of para-hydroxylation sites is 3. The number of fused-ring (bicyclic) bond motifs is 6. The van der Waals surface area contributed by atoms with Crippen LogP contribution in [0, 0.1) is 0 Å². The molecular weight excluding hydrogens is 683 g/mol. The lowest BCUT2D eigenvalue weighted by Crippen LogP contribution is -2.01. The molecule has 0 amide bonds. The molecule has 0 aliphatic heterocycles. The van der Waals surface area contributed by atoms with E-state index in [1.807, 2.05) is 60.7 Å². The lowest BCUT2D eigenvalue weighted by Gasteiger charge is -2.12. The maximum absolute atomic E-state index is 5.03. The molecule has 8 aromatic carbocycles. The van der Waals surface area contributed by atoms with E-state index in [0.717, 1.165) is 39.1 Å². The third kappa shape index (κ3) is 5.21. The van der Waals surface area contributed by atoms with Crippen molar-refractivity contribution in [2.75, 3.05) is 0 Å². The molecule has 11 aromatic rings. The third-order valence-electron chi connectivity index (χ3n) is 10.8. The number of aromatic nitrogens is 5. The third-order valence-corrected chi connectivity index (χ3v) is 10.8. The van der Waals surface area contributed by atoms with Gasteiger partial charge in [0, 0.05) is 49.6 Å². The molecule has 0 saturated heterocycles. The Balaban J connectivity index is 1.09. The summed E-state index contributed by atoms with van der Waals surface area (Å²) in [5, 5.41) is 4.90. The molecule has 0 N–H and O–H groups in total. The fraction of sp³-hybridized carbons (Fsp3) is 0. The molecule has 3 aromatic heterocycles. The van der Waals surface area contributed by atoms with Crippen LogP contribution in [0.5, 0.6) is 0 Å². The number of hydrogen-bond acceptors (Lipinski definition) is 3. The Bertz CT molecular complexity index is 3180. The maximum atomic E-state index is 5.03. The molecule has 0 bridgehead atoms. The molecule has 11 rings (SSSR count). The molecule has 0 unspecified atom stereocenters. The van der Waals surface area contributed by atoms with E-state index in [0.29, 0.717) is 17.5 Å². The number of hydrogen-bond donors (Lipinski definition) is 0. The minimum atomic E-state index is 0.629. The Hall–Kier alpha value is -7.63. The zero-order valence-corrected chi connectivity index (χ0v) is 30.3. The SMILES string of the molecule is c1ccc(-c2nc(-c3ccccc3)nc(-c3cccc(-n4c5ccccc5c5c(-c6ccc7c(c6)c6ccccc6n7-c6ccccc6)cccc54)c3)n2)cc1. The van der Waals surface area contributed by atoms with Crippen LogP contribution in [-0.4, -0.2) is 24.1 Å². The van der Waals surface area contributed by atoms with Crippen LogP contribution >= 0.6 is 0 Å². The van der Waals surface area contributed by atoms with Crippen LogP contribution in [0.3, 0.4) is 0 Å². The van der Waals surface area contributed by atoms with E-state index in [2.05, 4.69) is 149 Å². The highest BCUT2D eigenvalue weighted by molar-refractivity contribution is 6.17. The van der Waals surface area contributed by atoms with Gasteiger partial charge in [-0.25, -0.2) is 15.0 Å². The summed E-state index contributed by atoms with van der Waals surface area (Å²) in [6.07, 6.45) is 0. The van der Waals surface area contributed by atoms with Crippen molar-refractivity contribution in [2.45, 2.75) is 0 Å². The fourth-order valence-corrected chi connectivity index (χ4v) is 8.26. The predicted octanol–water partition coefficient (Wildman–Crippen LogP) is 12.7. The largest absolute Gasteiger partial charge is 0.309 e. The van der Waals surface area contributed by atoms with Gasteiger partial charge in [0.15, 0.2) is 17.5 Å². The van der Waals surface area contributed by atoms with Crippen LogP contribution in [0.2, 0.25) is 0 Å². The molecule has 0 aliphatic carbocycles. The summed E-state index contributed by atoms with van der Waals surface area (Å²) in [7, 11) is 0. The molecule has 0 spiro atoms. The van der Waals surface area contributed by atoms with Crippen molar-refractivity contribution >= 4 is 43.6 Å². The van der Waals surface area contributed by atoms with Crippen LogP contribution in [-0.2, 0) is 0 Å². The average Bonchev–Trinajstić information content (AvgIpc) is 3.80.